The normalized spacial score (nSPS) is 10.9. The van der Waals surface area contributed by atoms with Crippen LogP contribution in [0.3, 0.4) is 0 Å². The van der Waals surface area contributed by atoms with Crippen LogP contribution in [0, 0.1) is 0 Å². The van der Waals surface area contributed by atoms with Crippen LogP contribution in [0.15, 0.2) is 29.2 Å². The van der Waals surface area contributed by atoms with E-state index in [4.69, 9.17) is 16.3 Å². The van der Waals surface area contributed by atoms with Gasteiger partial charge in [0.25, 0.3) is 10.8 Å². The second-order valence-electron chi connectivity index (χ2n) is 3.90. The lowest BCUT2D eigenvalue weighted by Crippen LogP contribution is -2.14. The maximum absolute atomic E-state index is 11.9. The molecule has 0 fully saturated rings. The average Bonchev–Trinajstić information content (AvgIpc) is 2.84. The molecule has 20 heavy (non-hydrogen) atoms. The fourth-order valence-electron chi connectivity index (χ4n) is 1.60. The predicted octanol–water partition coefficient (Wildman–Crippen LogP) is 2.55. The van der Waals surface area contributed by atoms with E-state index < -0.39 is 0 Å². The summed E-state index contributed by atoms with van der Waals surface area (Å²) in [6.07, 6.45) is 2.25. The van der Waals surface area contributed by atoms with Gasteiger partial charge in [0, 0.05) is 18.0 Å². The predicted molar refractivity (Wildman–Crippen MR) is 75.8 cm³/mol. The summed E-state index contributed by atoms with van der Waals surface area (Å²) < 4.78 is 6.75. The number of hydrogen-bond donors (Lipinski definition) is 0. The Labute approximate surface area is 122 Å². The fraction of sp³-hybridized carbons (Fsp3) is 0.167. The Morgan fingerprint density at radius 2 is 2.35 bits per heavy atom. The van der Waals surface area contributed by atoms with Gasteiger partial charge < -0.3 is 4.74 Å². The molecular weight excluding hydrogens is 300 g/mol. The molecule has 0 radical (unpaired) electrons. The molecule has 0 saturated carbocycles. The van der Waals surface area contributed by atoms with Gasteiger partial charge in [-0.15, -0.1) is 5.10 Å². The molecule has 8 heteroatoms. The minimum absolute atomic E-state index is 0.227. The summed E-state index contributed by atoms with van der Waals surface area (Å²) in [5.41, 5.74) is 0.500. The molecule has 3 rings (SSSR count). The molecule has 6 nitrogen and oxygen atoms in total. The van der Waals surface area contributed by atoms with E-state index in [2.05, 4.69) is 15.1 Å². The highest BCUT2D eigenvalue weighted by Gasteiger charge is 2.11. The summed E-state index contributed by atoms with van der Waals surface area (Å²) in [6, 6.07) is 4.84. The summed E-state index contributed by atoms with van der Waals surface area (Å²) in [4.78, 5) is 20.6. The van der Waals surface area contributed by atoms with E-state index in [1.165, 1.54) is 21.9 Å². The first kappa shape index (κ1) is 13.0. The number of pyridine rings is 1. The van der Waals surface area contributed by atoms with E-state index >= 15 is 0 Å². The van der Waals surface area contributed by atoms with E-state index in [0.29, 0.717) is 17.1 Å². The Morgan fingerprint density at radius 3 is 3.10 bits per heavy atom. The van der Waals surface area contributed by atoms with E-state index in [-0.39, 0.29) is 15.9 Å². The number of halogens is 1. The molecule has 3 aromatic rings. The number of aryl methyl sites for hydroxylation is 1. The number of rotatable bonds is 3. The molecule has 0 aliphatic heterocycles. The summed E-state index contributed by atoms with van der Waals surface area (Å²) >= 11 is 7.08. The molecule has 0 unspecified atom stereocenters. The molecule has 0 aromatic carbocycles. The van der Waals surface area contributed by atoms with Gasteiger partial charge in [-0.25, -0.2) is 9.97 Å². The van der Waals surface area contributed by atoms with Crippen LogP contribution in [0.1, 0.15) is 12.6 Å². The van der Waals surface area contributed by atoms with Crippen LogP contribution in [-0.2, 0) is 6.42 Å². The molecule has 0 aliphatic carbocycles. The van der Waals surface area contributed by atoms with Crippen LogP contribution in [0.5, 0.6) is 10.9 Å². The lowest BCUT2D eigenvalue weighted by atomic mass is 10.3. The molecule has 0 spiro atoms. The van der Waals surface area contributed by atoms with E-state index in [0.717, 1.165) is 5.69 Å². The highest BCUT2D eigenvalue weighted by Crippen LogP contribution is 2.29. The van der Waals surface area contributed by atoms with Gasteiger partial charge in [0.1, 0.15) is 0 Å². The molecule has 0 bridgehead atoms. The van der Waals surface area contributed by atoms with Gasteiger partial charge >= 0.3 is 0 Å². The van der Waals surface area contributed by atoms with E-state index in [1.54, 1.807) is 18.3 Å². The van der Waals surface area contributed by atoms with Crippen molar-refractivity contribution in [3.8, 4) is 10.9 Å². The van der Waals surface area contributed by atoms with Crippen molar-refractivity contribution < 1.29 is 4.74 Å². The molecule has 0 saturated heterocycles. The van der Waals surface area contributed by atoms with Gasteiger partial charge in [-0.3, -0.25) is 4.79 Å². The lowest BCUT2D eigenvalue weighted by Gasteiger charge is -2.00. The molecule has 0 aliphatic rings. The van der Waals surface area contributed by atoms with Crippen LogP contribution in [0.4, 0.5) is 0 Å². The number of ether oxygens (including phenoxy) is 1. The van der Waals surface area contributed by atoms with Crippen LogP contribution in [-0.4, -0.2) is 19.6 Å². The Bertz CT molecular complexity index is 830. The molecule has 0 N–H and O–H groups in total. The third-order valence-electron chi connectivity index (χ3n) is 2.56. The summed E-state index contributed by atoms with van der Waals surface area (Å²) in [6.45, 7) is 1.94. The number of fused-ring (bicyclic) bond motifs is 1. The molecular formula is C12H9ClN4O2S. The van der Waals surface area contributed by atoms with Crippen LogP contribution < -0.4 is 10.3 Å². The molecule has 0 atom stereocenters. The van der Waals surface area contributed by atoms with Crippen molar-refractivity contribution in [1.82, 2.24) is 19.6 Å². The summed E-state index contributed by atoms with van der Waals surface area (Å²) in [5, 5.41) is 4.60. The quantitative estimate of drug-likeness (QED) is 0.695. The zero-order valence-electron chi connectivity index (χ0n) is 10.4. The van der Waals surface area contributed by atoms with Crippen LogP contribution in [0.2, 0.25) is 5.15 Å². The first-order valence-electron chi connectivity index (χ1n) is 5.85. The molecule has 102 valence electrons. The SMILES string of the molecule is CCc1cc(=O)n2nc(Oc3cccnc3Cl)sc2n1. The highest BCUT2D eigenvalue weighted by atomic mass is 35.5. The summed E-state index contributed by atoms with van der Waals surface area (Å²) in [5.74, 6) is 0.386. The van der Waals surface area contributed by atoms with Crippen molar-refractivity contribution in [2.45, 2.75) is 13.3 Å². The van der Waals surface area contributed by atoms with Crippen LogP contribution in [0.25, 0.3) is 4.96 Å². The molecule has 0 amide bonds. The Balaban J connectivity index is 2.03. The van der Waals surface area contributed by atoms with Gasteiger partial charge in [-0.2, -0.15) is 4.52 Å². The number of aromatic nitrogens is 4. The average molecular weight is 309 g/mol. The van der Waals surface area contributed by atoms with Crippen molar-refractivity contribution in [3.63, 3.8) is 0 Å². The van der Waals surface area contributed by atoms with Crippen LogP contribution >= 0.6 is 22.9 Å². The van der Waals surface area contributed by atoms with Gasteiger partial charge in [0.05, 0.1) is 0 Å². The Kier molecular flexibility index (Phi) is 3.37. The van der Waals surface area contributed by atoms with Crippen molar-refractivity contribution in [3.05, 3.63) is 45.6 Å². The first-order chi connectivity index (χ1) is 9.67. The molecule has 3 aromatic heterocycles. The van der Waals surface area contributed by atoms with Crippen molar-refractivity contribution in [2.75, 3.05) is 0 Å². The number of hydrogen-bond acceptors (Lipinski definition) is 6. The largest absolute Gasteiger partial charge is 0.426 e. The van der Waals surface area contributed by atoms with Gasteiger partial charge in [-0.1, -0.05) is 18.5 Å². The fourth-order valence-corrected chi connectivity index (χ4v) is 2.55. The van der Waals surface area contributed by atoms with Gasteiger partial charge in [0.2, 0.25) is 4.96 Å². The van der Waals surface area contributed by atoms with Gasteiger partial charge in [0.15, 0.2) is 10.9 Å². The monoisotopic (exact) mass is 308 g/mol. The van der Waals surface area contributed by atoms with Crippen molar-refractivity contribution >= 4 is 27.9 Å². The zero-order chi connectivity index (χ0) is 14.1. The second-order valence-corrected chi connectivity index (χ2v) is 5.17. The lowest BCUT2D eigenvalue weighted by molar-refractivity contribution is 0.467. The standard InChI is InChI=1S/C12H9ClN4O2S/c1-2-7-6-9(18)17-11(15-7)20-12(16-17)19-8-4-3-5-14-10(8)13/h3-6H,2H2,1H3. The highest BCUT2D eigenvalue weighted by molar-refractivity contribution is 7.18. The first-order valence-corrected chi connectivity index (χ1v) is 7.05. The topological polar surface area (TPSA) is 69.4 Å². The smallest absolute Gasteiger partial charge is 0.300 e. The summed E-state index contributed by atoms with van der Waals surface area (Å²) in [7, 11) is 0. The second kappa shape index (κ2) is 5.18. The zero-order valence-corrected chi connectivity index (χ0v) is 12.0. The Morgan fingerprint density at radius 1 is 1.50 bits per heavy atom. The molecule has 3 heterocycles. The minimum atomic E-state index is -0.227. The van der Waals surface area contributed by atoms with Gasteiger partial charge in [-0.05, 0) is 29.9 Å². The number of nitrogens with zero attached hydrogens (tertiary/aromatic N) is 4. The third kappa shape index (κ3) is 2.37. The van der Waals surface area contributed by atoms with Crippen molar-refractivity contribution in [2.24, 2.45) is 0 Å². The van der Waals surface area contributed by atoms with E-state index in [9.17, 15) is 4.79 Å². The van der Waals surface area contributed by atoms with Crippen molar-refractivity contribution in [1.29, 1.82) is 0 Å². The van der Waals surface area contributed by atoms with E-state index in [1.807, 2.05) is 6.92 Å². The third-order valence-corrected chi connectivity index (χ3v) is 3.63. The maximum atomic E-state index is 11.9. The Hall–Kier alpha value is -1.99. The maximum Gasteiger partial charge on any atom is 0.300 e. The minimum Gasteiger partial charge on any atom is -0.426 e.